The number of thioether (sulfide) groups is 1. The number of amides is 1. The lowest BCUT2D eigenvalue weighted by molar-refractivity contribution is -0.118. The monoisotopic (exact) mass is 437 g/mol. The normalized spacial score (nSPS) is 16.9. The molecule has 0 N–H and O–H groups in total. The van der Waals surface area contributed by atoms with Crippen LogP contribution in [0.5, 0.6) is 0 Å². The van der Waals surface area contributed by atoms with Crippen LogP contribution in [0.4, 0.5) is 5.69 Å². The van der Waals surface area contributed by atoms with Gasteiger partial charge < -0.3 is 9.32 Å². The maximum Gasteiger partial charge on any atom is 0.240 e. The van der Waals surface area contributed by atoms with Crippen molar-refractivity contribution in [3.63, 3.8) is 0 Å². The second-order valence-corrected chi connectivity index (χ2v) is 10.9. The molecular weight excluding hydrogens is 418 g/mol. The van der Waals surface area contributed by atoms with Gasteiger partial charge in [-0.25, -0.2) is 8.42 Å². The van der Waals surface area contributed by atoms with Crippen molar-refractivity contribution in [2.45, 2.75) is 28.5 Å². The minimum atomic E-state index is -3.37. The van der Waals surface area contributed by atoms with Gasteiger partial charge in [0.15, 0.2) is 9.84 Å². The second-order valence-electron chi connectivity index (χ2n) is 7.51. The molecule has 30 heavy (non-hydrogen) atoms. The van der Waals surface area contributed by atoms with Crippen molar-refractivity contribution < 1.29 is 17.6 Å². The summed E-state index contributed by atoms with van der Waals surface area (Å²) in [7, 11) is -3.37. The lowest BCUT2D eigenvalue weighted by Gasteiger charge is -2.32. The summed E-state index contributed by atoms with van der Waals surface area (Å²) in [5, 5.41) is 1.79. The lowest BCUT2D eigenvalue weighted by atomic mass is 10.1. The van der Waals surface area contributed by atoms with E-state index in [4.69, 9.17) is 4.42 Å². The van der Waals surface area contributed by atoms with Crippen molar-refractivity contribution >= 4 is 55.1 Å². The van der Waals surface area contributed by atoms with Crippen molar-refractivity contribution in [2.75, 3.05) is 11.2 Å². The summed E-state index contributed by atoms with van der Waals surface area (Å²) in [6, 6.07) is 18.8. The van der Waals surface area contributed by atoms with E-state index in [0.717, 1.165) is 32.4 Å². The van der Waals surface area contributed by atoms with E-state index in [-0.39, 0.29) is 16.1 Å². The quantitative estimate of drug-likeness (QED) is 0.450. The van der Waals surface area contributed by atoms with Gasteiger partial charge in [-0.2, -0.15) is 0 Å². The topological polar surface area (TPSA) is 67.6 Å². The number of hydrogen-bond donors (Lipinski definition) is 0. The van der Waals surface area contributed by atoms with E-state index in [2.05, 4.69) is 0 Å². The molecule has 0 fully saturated rings. The SMILES string of the molecule is CC1Sc2ccc(S(C)(=O)=O)cc2N(Cc2ccc3oc4ccccc4c3c2)C1=O. The third-order valence-electron chi connectivity index (χ3n) is 5.35. The first-order chi connectivity index (χ1) is 14.3. The summed E-state index contributed by atoms with van der Waals surface area (Å²) in [4.78, 5) is 15.8. The molecule has 0 radical (unpaired) electrons. The molecule has 1 aliphatic rings. The molecule has 0 spiro atoms. The molecule has 0 saturated heterocycles. The van der Waals surface area contributed by atoms with Crippen LogP contribution < -0.4 is 4.90 Å². The van der Waals surface area contributed by atoms with Gasteiger partial charge in [0.1, 0.15) is 11.2 Å². The van der Waals surface area contributed by atoms with Crippen LogP contribution in [0.3, 0.4) is 0 Å². The molecule has 2 heterocycles. The van der Waals surface area contributed by atoms with Gasteiger partial charge in [0.25, 0.3) is 0 Å². The molecule has 1 aromatic heterocycles. The van der Waals surface area contributed by atoms with E-state index in [9.17, 15) is 13.2 Å². The standard InChI is InChI=1S/C23H19NO4S2/c1-14-23(25)24(19-12-16(30(2,26)27)8-10-22(19)29-14)13-15-7-9-21-18(11-15)17-5-3-4-6-20(17)28-21/h3-12,14H,13H2,1-2H3. The number of anilines is 1. The lowest BCUT2D eigenvalue weighted by Crippen LogP contribution is -2.39. The highest BCUT2D eigenvalue weighted by molar-refractivity contribution is 8.01. The van der Waals surface area contributed by atoms with Crippen molar-refractivity contribution in [2.24, 2.45) is 0 Å². The van der Waals surface area contributed by atoms with Gasteiger partial charge in [-0.05, 0) is 48.9 Å². The molecule has 5 nitrogen and oxygen atoms in total. The molecule has 1 unspecified atom stereocenters. The first-order valence-electron chi connectivity index (χ1n) is 9.53. The Morgan fingerprint density at radius 1 is 1.00 bits per heavy atom. The smallest absolute Gasteiger partial charge is 0.240 e. The summed E-state index contributed by atoms with van der Waals surface area (Å²) in [6.07, 6.45) is 1.18. The van der Waals surface area contributed by atoms with E-state index >= 15 is 0 Å². The zero-order valence-electron chi connectivity index (χ0n) is 16.5. The highest BCUT2D eigenvalue weighted by atomic mass is 32.2. The van der Waals surface area contributed by atoms with Crippen LogP contribution in [0.2, 0.25) is 0 Å². The van der Waals surface area contributed by atoms with Crippen molar-refractivity contribution in [1.29, 1.82) is 0 Å². The van der Waals surface area contributed by atoms with E-state index in [1.54, 1.807) is 23.1 Å². The highest BCUT2D eigenvalue weighted by Gasteiger charge is 2.31. The van der Waals surface area contributed by atoms with Gasteiger partial charge in [0, 0.05) is 21.9 Å². The van der Waals surface area contributed by atoms with Gasteiger partial charge in [-0.3, -0.25) is 4.79 Å². The third kappa shape index (κ3) is 3.18. The van der Waals surface area contributed by atoms with Crippen LogP contribution >= 0.6 is 11.8 Å². The van der Waals surface area contributed by atoms with Gasteiger partial charge in [-0.15, -0.1) is 11.8 Å². The summed E-state index contributed by atoms with van der Waals surface area (Å²) >= 11 is 1.46. The van der Waals surface area contributed by atoms with Crippen LogP contribution in [0.15, 0.2) is 74.9 Å². The first kappa shape index (κ1) is 19.2. The Bertz CT molecular complexity index is 1420. The zero-order valence-corrected chi connectivity index (χ0v) is 18.1. The fourth-order valence-corrected chi connectivity index (χ4v) is 5.52. The molecule has 0 aliphatic carbocycles. The second kappa shape index (κ2) is 6.89. The number of benzene rings is 3. The van der Waals surface area contributed by atoms with E-state index in [1.165, 1.54) is 18.0 Å². The average Bonchev–Trinajstić information content (AvgIpc) is 3.08. The fourth-order valence-electron chi connectivity index (χ4n) is 3.83. The Labute approximate surface area is 178 Å². The molecule has 4 aromatic rings. The van der Waals surface area contributed by atoms with Crippen molar-refractivity contribution in [1.82, 2.24) is 0 Å². The van der Waals surface area contributed by atoms with Crippen LogP contribution in [-0.4, -0.2) is 25.8 Å². The molecule has 1 atom stereocenters. The number of sulfone groups is 1. The van der Waals surface area contributed by atoms with Gasteiger partial charge >= 0.3 is 0 Å². The van der Waals surface area contributed by atoms with E-state index in [0.29, 0.717) is 12.2 Å². The van der Waals surface area contributed by atoms with Gasteiger partial charge in [0.05, 0.1) is 22.4 Å². The van der Waals surface area contributed by atoms with Gasteiger partial charge in [-0.1, -0.05) is 24.3 Å². The molecule has 1 amide bonds. The average molecular weight is 438 g/mol. The van der Waals surface area contributed by atoms with Crippen molar-refractivity contribution in [3.05, 3.63) is 66.2 Å². The minimum absolute atomic E-state index is 0.0321. The predicted molar refractivity (Wildman–Crippen MR) is 120 cm³/mol. The zero-order chi connectivity index (χ0) is 21.0. The predicted octanol–water partition coefficient (Wildman–Crippen LogP) is 5.02. The molecule has 7 heteroatoms. The van der Waals surface area contributed by atoms with Crippen LogP contribution in [-0.2, 0) is 21.2 Å². The number of rotatable bonds is 3. The third-order valence-corrected chi connectivity index (χ3v) is 7.61. The van der Waals surface area contributed by atoms with E-state index < -0.39 is 9.84 Å². The fraction of sp³-hybridized carbons (Fsp3) is 0.174. The van der Waals surface area contributed by atoms with Crippen molar-refractivity contribution in [3.8, 4) is 0 Å². The largest absolute Gasteiger partial charge is 0.456 e. The van der Waals surface area contributed by atoms with Crippen LogP contribution in [0.1, 0.15) is 12.5 Å². The summed E-state index contributed by atoms with van der Waals surface area (Å²) in [5.74, 6) is -0.0321. The Morgan fingerprint density at radius 2 is 1.77 bits per heavy atom. The number of furan rings is 1. The number of para-hydroxylation sites is 1. The first-order valence-corrected chi connectivity index (χ1v) is 12.3. The number of carbonyl (C=O) groups excluding carboxylic acids is 1. The highest BCUT2D eigenvalue weighted by Crippen LogP contribution is 2.41. The summed E-state index contributed by atoms with van der Waals surface area (Å²) in [5.41, 5.74) is 3.22. The Hall–Kier alpha value is -2.77. The van der Waals surface area contributed by atoms with Crippen LogP contribution in [0, 0.1) is 0 Å². The number of hydrogen-bond acceptors (Lipinski definition) is 5. The Kier molecular flexibility index (Phi) is 4.41. The number of carbonyl (C=O) groups is 1. The number of fused-ring (bicyclic) bond motifs is 4. The minimum Gasteiger partial charge on any atom is -0.456 e. The molecule has 5 rings (SSSR count). The Morgan fingerprint density at radius 3 is 2.57 bits per heavy atom. The molecular formula is C23H19NO4S2. The molecule has 1 aliphatic heterocycles. The molecule has 0 saturated carbocycles. The maximum atomic E-state index is 13.0. The number of nitrogens with zero attached hydrogens (tertiary/aromatic N) is 1. The summed E-state index contributed by atoms with van der Waals surface area (Å²) < 4.78 is 30.0. The van der Waals surface area contributed by atoms with E-state index in [1.807, 2.05) is 49.4 Å². The van der Waals surface area contributed by atoms with Gasteiger partial charge in [0.2, 0.25) is 5.91 Å². The Balaban J connectivity index is 1.60. The molecule has 152 valence electrons. The molecule has 3 aromatic carbocycles. The molecule has 0 bridgehead atoms. The maximum absolute atomic E-state index is 13.0. The summed E-state index contributed by atoms with van der Waals surface area (Å²) in [6.45, 7) is 2.24. The van der Waals surface area contributed by atoms with Crippen LogP contribution in [0.25, 0.3) is 21.9 Å².